The van der Waals surface area contributed by atoms with E-state index in [2.05, 4.69) is 29.8 Å². The molecule has 1 aromatic rings. The molecule has 2 rings (SSSR count). The lowest BCUT2D eigenvalue weighted by atomic mass is 10.1. The third kappa shape index (κ3) is 2.47. The molecule has 4 nitrogen and oxygen atoms in total. The maximum Gasteiger partial charge on any atom is 0.0992 e. The average molecular weight is 245 g/mol. The highest BCUT2D eigenvalue weighted by Crippen LogP contribution is 2.24. The standard InChI is InChI=1S/C14H19N3O/c1-11-8-16(2)9-14(10-18)17(11)13-5-3-4-12(6-13)7-15/h3-6,11,14,18H,8-10H2,1-2H3. The number of aliphatic hydroxyl groups is 1. The van der Waals surface area contributed by atoms with Crippen LogP contribution in [0.1, 0.15) is 12.5 Å². The van der Waals surface area contributed by atoms with Gasteiger partial charge >= 0.3 is 0 Å². The van der Waals surface area contributed by atoms with E-state index in [-0.39, 0.29) is 12.6 Å². The van der Waals surface area contributed by atoms with Gasteiger partial charge in [-0.15, -0.1) is 0 Å². The predicted molar refractivity (Wildman–Crippen MR) is 71.5 cm³/mol. The van der Waals surface area contributed by atoms with Crippen molar-refractivity contribution in [3.05, 3.63) is 29.8 Å². The van der Waals surface area contributed by atoms with Gasteiger partial charge in [0.05, 0.1) is 24.3 Å². The molecule has 4 heteroatoms. The Morgan fingerprint density at radius 3 is 2.89 bits per heavy atom. The molecule has 0 spiro atoms. The monoisotopic (exact) mass is 245 g/mol. The number of benzene rings is 1. The molecule has 0 saturated carbocycles. The van der Waals surface area contributed by atoms with E-state index in [1.165, 1.54) is 0 Å². The normalized spacial score (nSPS) is 24.9. The van der Waals surface area contributed by atoms with Gasteiger partial charge in [-0.25, -0.2) is 0 Å². The Hall–Kier alpha value is -1.57. The second-order valence-corrected chi connectivity index (χ2v) is 4.98. The highest BCUT2D eigenvalue weighted by atomic mass is 16.3. The Bertz CT molecular complexity index is 455. The summed E-state index contributed by atoms with van der Waals surface area (Å²) in [5.74, 6) is 0. The number of hydrogen-bond donors (Lipinski definition) is 1. The van der Waals surface area contributed by atoms with Gasteiger partial charge in [0.15, 0.2) is 0 Å². The number of nitriles is 1. The molecule has 1 aromatic carbocycles. The van der Waals surface area contributed by atoms with Crippen molar-refractivity contribution >= 4 is 5.69 Å². The molecule has 1 N–H and O–H groups in total. The number of hydrogen-bond acceptors (Lipinski definition) is 4. The van der Waals surface area contributed by atoms with Gasteiger partial charge in [-0.05, 0) is 32.2 Å². The SMILES string of the molecule is CC1CN(C)CC(CO)N1c1cccc(C#N)c1. The fraction of sp³-hybridized carbons (Fsp3) is 0.500. The molecule has 0 amide bonds. The lowest BCUT2D eigenvalue weighted by Gasteiger charge is -2.45. The molecule has 2 atom stereocenters. The van der Waals surface area contributed by atoms with E-state index in [0.29, 0.717) is 11.6 Å². The summed E-state index contributed by atoms with van der Waals surface area (Å²) >= 11 is 0. The second-order valence-electron chi connectivity index (χ2n) is 4.98. The van der Waals surface area contributed by atoms with Crippen molar-refractivity contribution in [2.75, 3.05) is 31.6 Å². The number of anilines is 1. The molecule has 0 aromatic heterocycles. The molecule has 0 radical (unpaired) electrons. The van der Waals surface area contributed by atoms with Crippen LogP contribution >= 0.6 is 0 Å². The second kappa shape index (κ2) is 5.38. The number of piperazine rings is 1. The van der Waals surface area contributed by atoms with Crippen LogP contribution in [0.25, 0.3) is 0 Å². The summed E-state index contributed by atoms with van der Waals surface area (Å²) in [5.41, 5.74) is 1.68. The van der Waals surface area contributed by atoms with Crippen molar-refractivity contribution in [3.63, 3.8) is 0 Å². The Kier molecular flexibility index (Phi) is 3.85. The van der Waals surface area contributed by atoms with Gasteiger partial charge in [0.2, 0.25) is 0 Å². The fourth-order valence-electron chi connectivity index (χ4n) is 2.77. The van der Waals surface area contributed by atoms with Crippen LogP contribution in [0.4, 0.5) is 5.69 Å². The highest BCUT2D eigenvalue weighted by Gasteiger charge is 2.30. The Labute approximate surface area is 108 Å². The van der Waals surface area contributed by atoms with E-state index in [1.54, 1.807) is 6.07 Å². The molecule has 1 aliphatic rings. The van der Waals surface area contributed by atoms with Crippen LogP contribution in [-0.4, -0.2) is 48.8 Å². The maximum absolute atomic E-state index is 9.55. The van der Waals surface area contributed by atoms with Crippen LogP contribution in [0.5, 0.6) is 0 Å². The van der Waals surface area contributed by atoms with E-state index < -0.39 is 0 Å². The van der Waals surface area contributed by atoms with Crippen molar-refractivity contribution in [3.8, 4) is 6.07 Å². The van der Waals surface area contributed by atoms with E-state index in [4.69, 9.17) is 5.26 Å². The van der Waals surface area contributed by atoms with Crippen LogP contribution in [0.15, 0.2) is 24.3 Å². The minimum absolute atomic E-state index is 0.0905. The first-order valence-electron chi connectivity index (χ1n) is 6.23. The minimum Gasteiger partial charge on any atom is -0.394 e. The predicted octanol–water partition coefficient (Wildman–Crippen LogP) is 1.06. The molecule has 1 fully saturated rings. The first kappa shape index (κ1) is 12.9. The quantitative estimate of drug-likeness (QED) is 0.846. The van der Waals surface area contributed by atoms with Gasteiger partial charge in [-0.2, -0.15) is 5.26 Å². The van der Waals surface area contributed by atoms with Crippen LogP contribution in [0, 0.1) is 11.3 Å². The van der Waals surface area contributed by atoms with E-state index >= 15 is 0 Å². The van der Waals surface area contributed by atoms with E-state index in [0.717, 1.165) is 18.8 Å². The molecule has 1 heterocycles. The van der Waals surface area contributed by atoms with Crippen molar-refractivity contribution in [1.82, 2.24) is 4.90 Å². The van der Waals surface area contributed by atoms with Crippen LogP contribution < -0.4 is 4.90 Å². The number of nitrogens with zero attached hydrogens (tertiary/aromatic N) is 3. The smallest absolute Gasteiger partial charge is 0.0992 e. The lowest BCUT2D eigenvalue weighted by molar-refractivity contribution is 0.171. The van der Waals surface area contributed by atoms with Gasteiger partial charge < -0.3 is 14.9 Å². The molecule has 18 heavy (non-hydrogen) atoms. The summed E-state index contributed by atoms with van der Waals surface area (Å²) in [6, 6.07) is 10.2. The summed E-state index contributed by atoms with van der Waals surface area (Å²) in [5, 5.41) is 18.5. The van der Waals surface area contributed by atoms with Crippen LogP contribution in [0.2, 0.25) is 0 Å². The zero-order chi connectivity index (χ0) is 13.1. The molecule has 2 unspecified atom stereocenters. The molecule has 96 valence electrons. The number of rotatable bonds is 2. The van der Waals surface area contributed by atoms with Gasteiger partial charge in [-0.3, -0.25) is 0 Å². The molecule has 1 aliphatic heterocycles. The summed E-state index contributed by atoms with van der Waals surface area (Å²) in [4.78, 5) is 4.46. The summed E-state index contributed by atoms with van der Waals surface area (Å²) < 4.78 is 0. The molecular weight excluding hydrogens is 226 g/mol. The molecule has 1 saturated heterocycles. The van der Waals surface area contributed by atoms with Crippen molar-refractivity contribution < 1.29 is 5.11 Å². The lowest BCUT2D eigenvalue weighted by Crippen LogP contribution is -2.58. The van der Waals surface area contributed by atoms with E-state index in [9.17, 15) is 5.11 Å². The first-order chi connectivity index (χ1) is 8.65. The zero-order valence-electron chi connectivity index (χ0n) is 10.9. The van der Waals surface area contributed by atoms with Crippen molar-refractivity contribution in [1.29, 1.82) is 5.26 Å². The van der Waals surface area contributed by atoms with Crippen LogP contribution in [0.3, 0.4) is 0 Å². The van der Waals surface area contributed by atoms with Gasteiger partial charge in [0.1, 0.15) is 0 Å². The average Bonchev–Trinajstić information content (AvgIpc) is 2.37. The largest absolute Gasteiger partial charge is 0.394 e. The Balaban J connectivity index is 2.31. The summed E-state index contributed by atoms with van der Waals surface area (Å²) in [6.45, 7) is 4.09. The Morgan fingerprint density at radius 1 is 1.44 bits per heavy atom. The fourth-order valence-corrected chi connectivity index (χ4v) is 2.77. The number of aliphatic hydroxyl groups excluding tert-OH is 1. The Morgan fingerprint density at radius 2 is 2.22 bits per heavy atom. The van der Waals surface area contributed by atoms with Gasteiger partial charge in [0.25, 0.3) is 0 Å². The van der Waals surface area contributed by atoms with E-state index in [1.807, 2.05) is 18.2 Å². The maximum atomic E-state index is 9.55. The van der Waals surface area contributed by atoms with Crippen molar-refractivity contribution in [2.45, 2.75) is 19.0 Å². The van der Waals surface area contributed by atoms with Gasteiger partial charge in [0, 0.05) is 24.8 Å². The topological polar surface area (TPSA) is 50.5 Å². The van der Waals surface area contributed by atoms with Gasteiger partial charge in [-0.1, -0.05) is 6.07 Å². The van der Waals surface area contributed by atoms with Crippen molar-refractivity contribution in [2.24, 2.45) is 0 Å². The summed E-state index contributed by atoms with van der Waals surface area (Å²) in [7, 11) is 2.07. The zero-order valence-corrected chi connectivity index (χ0v) is 10.9. The summed E-state index contributed by atoms with van der Waals surface area (Å²) in [6.07, 6.45) is 0. The highest BCUT2D eigenvalue weighted by molar-refractivity contribution is 5.53. The third-order valence-electron chi connectivity index (χ3n) is 3.45. The molecular formula is C14H19N3O. The molecule has 0 aliphatic carbocycles. The minimum atomic E-state index is 0.0905. The first-order valence-corrected chi connectivity index (χ1v) is 6.23. The third-order valence-corrected chi connectivity index (χ3v) is 3.45. The van der Waals surface area contributed by atoms with Crippen LogP contribution in [-0.2, 0) is 0 Å². The number of likely N-dealkylation sites (N-methyl/N-ethyl adjacent to an activating group) is 1. The molecule has 0 bridgehead atoms.